The van der Waals surface area contributed by atoms with Crippen LogP contribution >= 0.6 is 0 Å². The first-order valence-corrected chi connectivity index (χ1v) is 10.8. The lowest BCUT2D eigenvalue weighted by atomic mass is 9.56. The number of rotatable bonds is 4. The molecule has 2 aliphatic carbocycles. The standard InChI is InChI=1S/C23H33NO4/c1-15-12-16(2)23(14-28-22(25)24-18-8-5-4-6-9-18)13-27-21(20(15)17(23)3)19-10-7-11-26-19/h7,10-12,16-18,20-21H,4-6,8-9,13-14H2,1-3H3,(H,24,25)/t16-,17+,20-,21+,23+/m0/s1. The van der Waals surface area contributed by atoms with Crippen LogP contribution in [-0.2, 0) is 9.47 Å². The second-order valence-electron chi connectivity index (χ2n) is 9.05. The zero-order valence-electron chi connectivity index (χ0n) is 17.3. The first-order chi connectivity index (χ1) is 13.5. The molecule has 2 bridgehead atoms. The third-order valence-corrected chi connectivity index (χ3v) is 7.47. The maximum Gasteiger partial charge on any atom is 0.407 e. The molecule has 5 atom stereocenters. The Hall–Kier alpha value is -1.75. The molecule has 1 N–H and O–H groups in total. The monoisotopic (exact) mass is 387 g/mol. The van der Waals surface area contributed by atoms with Crippen molar-refractivity contribution < 1.29 is 18.7 Å². The van der Waals surface area contributed by atoms with Crippen molar-refractivity contribution in [3.63, 3.8) is 0 Å². The highest BCUT2D eigenvalue weighted by Gasteiger charge is 2.55. The van der Waals surface area contributed by atoms with Crippen molar-refractivity contribution in [2.24, 2.45) is 23.2 Å². The Balaban J connectivity index is 1.46. The lowest BCUT2D eigenvalue weighted by Crippen LogP contribution is -2.55. The molecule has 154 valence electrons. The molecular formula is C23H33NO4. The van der Waals surface area contributed by atoms with Crippen molar-refractivity contribution in [3.05, 3.63) is 35.8 Å². The van der Waals surface area contributed by atoms with Crippen molar-refractivity contribution >= 4 is 6.09 Å². The Morgan fingerprint density at radius 2 is 2.07 bits per heavy atom. The van der Waals surface area contributed by atoms with Crippen molar-refractivity contribution in [2.75, 3.05) is 13.2 Å². The molecule has 1 saturated heterocycles. The number of hydrogen-bond acceptors (Lipinski definition) is 4. The number of nitrogens with one attached hydrogen (secondary N) is 1. The van der Waals surface area contributed by atoms with Gasteiger partial charge in [-0.3, -0.25) is 0 Å². The number of furan rings is 1. The first kappa shape index (κ1) is 19.6. The Labute approximate surface area is 167 Å². The minimum absolute atomic E-state index is 0.0714. The summed E-state index contributed by atoms with van der Waals surface area (Å²) in [6.45, 7) is 7.63. The molecule has 1 aromatic rings. The van der Waals surface area contributed by atoms with E-state index in [1.165, 1.54) is 24.8 Å². The fourth-order valence-electron chi connectivity index (χ4n) is 5.62. The summed E-state index contributed by atoms with van der Waals surface area (Å²) < 4.78 is 17.8. The number of hydrogen-bond donors (Lipinski definition) is 1. The molecule has 5 nitrogen and oxygen atoms in total. The topological polar surface area (TPSA) is 60.7 Å². The Bertz CT molecular complexity index is 706. The third-order valence-electron chi connectivity index (χ3n) is 7.47. The predicted octanol–water partition coefficient (Wildman–Crippen LogP) is 5.24. The number of carbonyl (C=O) groups excluding carboxylic acids is 1. The molecule has 4 rings (SSSR count). The van der Waals surface area contributed by atoms with Crippen LogP contribution < -0.4 is 5.32 Å². The van der Waals surface area contributed by atoms with Gasteiger partial charge in [0.2, 0.25) is 0 Å². The number of carbonyl (C=O) groups is 1. The van der Waals surface area contributed by atoms with Crippen LogP contribution in [0.15, 0.2) is 34.5 Å². The third kappa shape index (κ3) is 3.49. The van der Waals surface area contributed by atoms with E-state index in [-0.39, 0.29) is 29.6 Å². The van der Waals surface area contributed by atoms with Crippen LogP contribution in [0.5, 0.6) is 0 Å². The van der Waals surface area contributed by atoms with Crippen molar-refractivity contribution in [1.29, 1.82) is 0 Å². The maximum absolute atomic E-state index is 12.4. The highest BCUT2D eigenvalue weighted by molar-refractivity contribution is 5.67. The van der Waals surface area contributed by atoms with Gasteiger partial charge in [-0.1, -0.05) is 44.8 Å². The van der Waals surface area contributed by atoms with E-state index in [4.69, 9.17) is 13.9 Å². The van der Waals surface area contributed by atoms with Crippen LogP contribution in [0.4, 0.5) is 4.79 Å². The van der Waals surface area contributed by atoms with Crippen LogP contribution in [0.2, 0.25) is 0 Å². The van der Waals surface area contributed by atoms with Crippen molar-refractivity contribution in [2.45, 2.75) is 65.0 Å². The summed E-state index contributed by atoms with van der Waals surface area (Å²) in [5.74, 6) is 1.74. The van der Waals surface area contributed by atoms with E-state index in [2.05, 4.69) is 32.2 Å². The van der Waals surface area contributed by atoms with E-state index in [1.807, 2.05) is 12.1 Å². The van der Waals surface area contributed by atoms with E-state index >= 15 is 0 Å². The maximum atomic E-state index is 12.4. The summed E-state index contributed by atoms with van der Waals surface area (Å²) in [7, 11) is 0. The fraction of sp³-hybridized carbons (Fsp3) is 0.696. The Morgan fingerprint density at radius 3 is 2.79 bits per heavy atom. The average Bonchev–Trinajstić information content (AvgIpc) is 3.21. The van der Waals surface area contributed by atoms with Crippen molar-refractivity contribution in [1.82, 2.24) is 5.32 Å². The largest absolute Gasteiger partial charge is 0.467 e. The van der Waals surface area contributed by atoms with Gasteiger partial charge >= 0.3 is 6.09 Å². The zero-order chi connectivity index (χ0) is 19.7. The van der Waals surface area contributed by atoms with Crippen LogP contribution in [0.1, 0.15) is 64.7 Å². The molecule has 2 heterocycles. The predicted molar refractivity (Wildman–Crippen MR) is 107 cm³/mol. The van der Waals surface area contributed by atoms with E-state index < -0.39 is 0 Å². The molecule has 1 amide bonds. The Kier molecular flexibility index (Phi) is 5.55. The lowest BCUT2D eigenvalue weighted by molar-refractivity contribution is -0.170. The summed E-state index contributed by atoms with van der Waals surface area (Å²) in [6.07, 6.45) is 9.46. The van der Waals surface area contributed by atoms with Gasteiger partial charge in [0.05, 0.1) is 12.9 Å². The molecule has 0 aromatic carbocycles. The highest BCUT2D eigenvalue weighted by atomic mass is 16.6. The first-order valence-electron chi connectivity index (χ1n) is 10.8. The number of ether oxygens (including phenoxy) is 2. The van der Waals surface area contributed by atoms with Gasteiger partial charge in [-0.15, -0.1) is 0 Å². The molecule has 1 aliphatic heterocycles. The molecule has 1 aromatic heterocycles. The van der Waals surface area contributed by atoms with Gasteiger partial charge < -0.3 is 19.2 Å². The number of fused-ring (bicyclic) bond motifs is 2. The molecule has 5 heteroatoms. The molecule has 0 spiro atoms. The molecule has 28 heavy (non-hydrogen) atoms. The normalized spacial score (nSPS) is 35.9. The lowest BCUT2D eigenvalue weighted by Gasteiger charge is -2.54. The second kappa shape index (κ2) is 7.94. The van der Waals surface area contributed by atoms with E-state index in [0.29, 0.717) is 25.0 Å². The molecule has 0 unspecified atom stereocenters. The van der Waals surface area contributed by atoms with E-state index in [9.17, 15) is 4.79 Å². The summed E-state index contributed by atoms with van der Waals surface area (Å²) in [5, 5.41) is 3.07. The fourth-order valence-corrected chi connectivity index (χ4v) is 5.62. The van der Waals surface area contributed by atoms with E-state index in [1.54, 1.807) is 6.26 Å². The molecule has 1 saturated carbocycles. The minimum atomic E-state index is -0.281. The van der Waals surface area contributed by atoms with Gasteiger partial charge in [-0.05, 0) is 43.7 Å². The molecular weight excluding hydrogens is 354 g/mol. The van der Waals surface area contributed by atoms with Crippen LogP contribution in [0.25, 0.3) is 0 Å². The van der Waals surface area contributed by atoms with Crippen LogP contribution in [-0.4, -0.2) is 25.3 Å². The van der Waals surface area contributed by atoms with Crippen LogP contribution in [0.3, 0.4) is 0 Å². The van der Waals surface area contributed by atoms with Gasteiger partial charge in [0, 0.05) is 17.4 Å². The smallest absolute Gasteiger partial charge is 0.407 e. The van der Waals surface area contributed by atoms with E-state index in [0.717, 1.165) is 18.6 Å². The molecule has 2 fully saturated rings. The van der Waals surface area contributed by atoms with Gasteiger partial charge in [0.15, 0.2) is 0 Å². The SMILES string of the molecule is CC1=C[C@H](C)[C@]2(COC(=O)NC3CCCCC3)CO[C@H](c3ccco3)[C@@H]1[C@H]2C. The molecule has 0 radical (unpaired) electrons. The minimum Gasteiger partial charge on any atom is -0.467 e. The van der Waals surface area contributed by atoms with Gasteiger partial charge in [-0.25, -0.2) is 4.79 Å². The average molecular weight is 388 g/mol. The Morgan fingerprint density at radius 1 is 1.29 bits per heavy atom. The highest BCUT2D eigenvalue weighted by Crippen LogP contribution is 2.56. The quantitative estimate of drug-likeness (QED) is 0.717. The number of amides is 1. The summed E-state index contributed by atoms with van der Waals surface area (Å²) in [4.78, 5) is 12.4. The molecule has 3 aliphatic rings. The van der Waals surface area contributed by atoms with Gasteiger partial charge in [0.25, 0.3) is 0 Å². The van der Waals surface area contributed by atoms with Crippen molar-refractivity contribution in [3.8, 4) is 0 Å². The van der Waals surface area contributed by atoms with Gasteiger partial charge in [0.1, 0.15) is 18.5 Å². The van der Waals surface area contributed by atoms with Gasteiger partial charge in [-0.2, -0.15) is 0 Å². The number of alkyl carbamates (subject to hydrolysis) is 1. The number of allylic oxidation sites excluding steroid dienone is 1. The van der Waals surface area contributed by atoms with Crippen LogP contribution in [0, 0.1) is 23.2 Å². The summed E-state index contributed by atoms with van der Waals surface area (Å²) >= 11 is 0. The second-order valence-corrected chi connectivity index (χ2v) is 9.05. The summed E-state index contributed by atoms with van der Waals surface area (Å²) in [6, 6.07) is 4.17. The summed E-state index contributed by atoms with van der Waals surface area (Å²) in [5.41, 5.74) is 1.14. The zero-order valence-corrected chi connectivity index (χ0v) is 17.3.